The number of halogens is 2. The fourth-order valence-corrected chi connectivity index (χ4v) is 2.45. The summed E-state index contributed by atoms with van der Waals surface area (Å²) in [5.74, 6) is -3.08. The van der Waals surface area contributed by atoms with Crippen molar-refractivity contribution in [2.24, 2.45) is 0 Å². The van der Waals surface area contributed by atoms with Crippen LogP contribution < -0.4 is 14.8 Å². The molecule has 2 aromatic rings. The molecule has 8 nitrogen and oxygen atoms in total. The molecule has 0 fully saturated rings. The molecule has 0 radical (unpaired) electrons. The van der Waals surface area contributed by atoms with Gasteiger partial charge in [-0.2, -0.15) is 5.26 Å². The summed E-state index contributed by atoms with van der Waals surface area (Å²) < 4.78 is 37.6. The van der Waals surface area contributed by atoms with E-state index < -0.39 is 33.7 Å². The zero-order valence-corrected chi connectivity index (χ0v) is 14.1. The molecular weight excluding hydrogens is 376 g/mol. The molecule has 0 saturated carbocycles. The van der Waals surface area contributed by atoms with E-state index in [1.54, 1.807) is 6.07 Å². The third kappa shape index (κ3) is 3.73. The van der Waals surface area contributed by atoms with Gasteiger partial charge in [-0.3, -0.25) is 14.9 Å². The van der Waals surface area contributed by atoms with Crippen molar-refractivity contribution in [2.45, 2.75) is 0 Å². The molecule has 10 heteroatoms. The second-order valence-electron chi connectivity index (χ2n) is 5.54. The molecule has 0 unspecified atom stereocenters. The number of ether oxygens (including phenoxy) is 2. The molecule has 3 rings (SSSR count). The number of nitro benzene ring substituents is 1. The first-order valence-electron chi connectivity index (χ1n) is 7.86. The summed E-state index contributed by atoms with van der Waals surface area (Å²) in [5, 5.41) is 22.7. The summed E-state index contributed by atoms with van der Waals surface area (Å²) in [4.78, 5) is 22.9. The third-order valence-electron chi connectivity index (χ3n) is 3.75. The van der Waals surface area contributed by atoms with Gasteiger partial charge in [0.05, 0.1) is 11.0 Å². The second kappa shape index (κ2) is 7.71. The number of rotatable bonds is 4. The molecule has 2 aromatic carbocycles. The van der Waals surface area contributed by atoms with Crippen LogP contribution in [0.1, 0.15) is 5.56 Å². The van der Waals surface area contributed by atoms with Crippen molar-refractivity contribution in [3.05, 3.63) is 63.2 Å². The van der Waals surface area contributed by atoms with Gasteiger partial charge >= 0.3 is 0 Å². The van der Waals surface area contributed by atoms with E-state index in [-0.39, 0.29) is 36.0 Å². The summed E-state index contributed by atoms with van der Waals surface area (Å²) in [6.45, 7) is 0.441. The van der Waals surface area contributed by atoms with Gasteiger partial charge in [-0.05, 0) is 12.1 Å². The van der Waals surface area contributed by atoms with Crippen LogP contribution in [0.5, 0.6) is 11.5 Å². The predicted molar refractivity (Wildman–Crippen MR) is 92.7 cm³/mol. The lowest BCUT2D eigenvalue weighted by Gasteiger charge is -2.19. The minimum atomic E-state index is -1.23. The molecule has 28 heavy (non-hydrogen) atoms. The number of carbonyl (C=O) groups excluding carboxylic acids is 1. The largest absolute Gasteiger partial charge is 0.486 e. The summed E-state index contributed by atoms with van der Waals surface area (Å²) in [6.07, 6.45) is 0.845. The number of hydrogen-bond donors (Lipinski definition) is 1. The maximum Gasteiger partial charge on any atom is 0.296 e. The van der Waals surface area contributed by atoms with Crippen molar-refractivity contribution in [2.75, 3.05) is 18.5 Å². The molecule has 1 aliphatic rings. The Hall–Kier alpha value is -4.00. The average molecular weight is 387 g/mol. The van der Waals surface area contributed by atoms with Crippen LogP contribution in [0.25, 0.3) is 6.08 Å². The van der Waals surface area contributed by atoms with Gasteiger partial charge in [-0.15, -0.1) is 0 Å². The van der Waals surface area contributed by atoms with Crippen molar-refractivity contribution >= 4 is 23.4 Å². The Morgan fingerprint density at radius 1 is 1.25 bits per heavy atom. The number of nitrogens with one attached hydrogen (secondary N) is 1. The highest BCUT2D eigenvalue weighted by Gasteiger charge is 2.24. The Labute approximate surface area is 156 Å². The van der Waals surface area contributed by atoms with Gasteiger partial charge in [0.1, 0.15) is 30.5 Å². The molecule has 142 valence electrons. The minimum Gasteiger partial charge on any atom is -0.486 e. The lowest BCUT2D eigenvalue weighted by molar-refractivity contribution is -0.384. The highest BCUT2D eigenvalue weighted by molar-refractivity contribution is 6.10. The zero-order chi connectivity index (χ0) is 20.3. The monoisotopic (exact) mass is 387 g/mol. The Bertz CT molecular complexity index is 1050. The third-order valence-corrected chi connectivity index (χ3v) is 3.75. The van der Waals surface area contributed by atoms with Gasteiger partial charge in [0.25, 0.3) is 11.6 Å². The smallest absolute Gasteiger partial charge is 0.296 e. The van der Waals surface area contributed by atoms with Crippen molar-refractivity contribution in [3.63, 3.8) is 0 Å². The van der Waals surface area contributed by atoms with E-state index in [1.165, 1.54) is 18.2 Å². The van der Waals surface area contributed by atoms with Crippen LogP contribution >= 0.6 is 0 Å². The number of nitro groups is 1. The molecule has 0 aromatic heterocycles. The van der Waals surface area contributed by atoms with Gasteiger partial charge in [0.15, 0.2) is 23.1 Å². The number of carbonyl (C=O) groups is 1. The van der Waals surface area contributed by atoms with E-state index in [0.717, 1.165) is 18.2 Å². The van der Waals surface area contributed by atoms with Crippen molar-refractivity contribution < 1.29 is 28.0 Å². The molecule has 0 spiro atoms. The first kappa shape index (κ1) is 18.8. The number of fused-ring (bicyclic) bond motifs is 1. The first-order chi connectivity index (χ1) is 13.4. The molecule has 1 amide bonds. The highest BCUT2D eigenvalue weighted by atomic mass is 19.2. The van der Waals surface area contributed by atoms with Gasteiger partial charge in [0, 0.05) is 11.6 Å². The van der Waals surface area contributed by atoms with E-state index >= 15 is 0 Å². The quantitative estimate of drug-likeness (QED) is 0.373. The van der Waals surface area contributed by atoms with Crippen LogP contribution in [0, 0.1) is 33.1 Å². The van der Waals surface area contributed by atoms with Gasteiger partial charge in [-0.25, -0.2) is 8.78 Å². The van der Waals surface area contributed by atoms with Crippen molar-refractivity contribution in [1.29, 1.82) is 5.26 Å². The molecule has 0 saturated heterocycles. The Kier molecular flexibility index (Phi) is 5.17. The number of nitriles is 1. The fraction of sp³-hybridized carbons (Fsp3) is 0.111. The van der Waals surface area contributed by atoms with Crippen LogP contribution in [-0.2, 0) is 4.79 Å². The van der Waals surface area contributed by atoms with E-state index in [4.69, 9.17) is 9.47 Å². The minimum absolute atomic E-state index is 0.147. The normalized spacial score (nSPS) is 12.8. The Morgan fingerprint density at radius 2 is 1.93 bits per heavy atom. The maximum absolute atomic E-state index is 13.8. The maximum atomic E-state index is 13.8. The summed E-state index contributed by atoms with van der Waals surface area (Å²) >= 11 is 0. The lowest BCUT2D eigenvalue weighted by atomic mass is 10.1. The summed E-state index contributed by atoms with van der Waals surface area (Å²) in [6, 6.07) is 7.12. The van der Waals surface area contributed by atoms with Crippen molar-refractivity contribution in [3.8, 4) is 17.6 Å². The Morgan fingerprint density at radius 3 is 2.57 bits per heavy atom. The summed E-state index contributed by atoms with van der Waals surface area (Å²) in [7, 11) is 0. The molecule has 0 atom stereocenters. The number of anilines is 1. The van der Waals surface area contributed by atoms with E-state index in [1.807, 2.05) is 0 Å². The lowest BCUT2D eigenvalue weighted by Crippen LogP contribution is -2.18. The predicted octanol–water partition coefficient (Wildman–Crippen LogP) is 3.19. The van der Waals surface area contributed by atoms with Crippen LogP contribution in [0.15, 0.2) is 35.9 Å². The fourth-order valence-electron chi connectivity index (χ4n) is 2.45. The van der Waals surface area contributed by atoms with Gasteiger partial charge < -0.3 is 14.8 Å². The van der Waals surface area contributed by atoms with Crippen LogP contribution in [0.3, 0.4) is 0 Å². The van der Waals surface area contributed by atoms with Crippen LogP contribution in [0.2, 0.25) is 0 Å². The van der Waals surface area contributed by atoms with E-state index in [9.17, 15) is 29.0 Å². The zero-order valence-electron chi connectivity index (χ0n) is 14.1. The van der Waals surface area contributed by atoms with Crippen LogP contribution in [0.4, 0.5) is 20.2 Å². The molecular formula is C18H11F2N3O5. The SMILES string of the molecule is N#CC(=Cc1cccc(F)c1F)C(=O)Nc1cc2c(cc1[N+](=O)[O-])OCCO2. The van der Waals surface area contributed by atoms with Crippen LogP contribution in [-0.4, -0.2) is 24.0 Å². The standard InChI is InChI=1S/C18H11F2N3O5/c19-12-3-1-2-10(17(12)20)6-11(9-21)18(24)22-13-7-15-16(28-5-4-27-15)8-14(13)23(25)26/h1-3,6-8H,4-5H2,(H,22,24). The average Bonchev–Trinajstić information content (AvgIpc) is 2.68. The molecule has 0 aliphatic carbocycles. The highest BCUT2D eigenvalue weighted by Crippen LogP contribution is 2.39. The molecule has 1 aliphatic heterocycles. The first-order valence-corrected chi connectivity index (χ1v) is 7.86. The van der Waals surface area contributed by atoms with Crippen molar-refractivity contribution in [1.82, 2.24) is 0 Å². The molecule has 1 heterocycles. The number of amides is 1. The molecule has 0 bridgehead atoms. The van der Waals surface area contributed by atoms with Gasteiger partial charge in [-0.1, -0.05) is 12.1 Å². The Balaban J connectivity index is 1.95. The molecule has 1 N–H and O–H groups in total. The summed E-state index contributed by atoms with van der Waals surface area (Å²) in [5.41, 5.74) is -1.61. The van der Waals surface area contributed by atoms with Gasteiger partial charge in [0.2, 0.25) is 0 Å². The second-order valence-corrected chi connectivity index (χ2v) is 5.54. The van der Waals surface area contributed by atoms with E-state index in [2.05, 4.69) is 5.32 Å². The number of hydrogen-bond acceptors (Lipinski definition) is 6. The number of benzene rings is 2. The topological polar surface area (TPSA) is 114 Å². The van der Waals surface area contributed by atoms with E-state index in [0.29, 0.717) is 0 Å². The number of nitrogens with zero attached hydrogens (tertiary/aromatic N) is 2.